The van der Waals surface area contributed by atoms with Crippen LogP contribution in [-0.4, -0.2) is 25.2 Å². The number of thiophene rings is 2. The average molecular weight is 418 g/mol. The molecule has 0 aliphatic rings. The molecule has 0 unspecified atom stereocenters. The fourth-order valence-electron chi connectivity index (χ4n) is 1.84. The molecule has 2 heterocycles. The third-order valence-corrected chi connectivity index (χ3v) is 5.78. The fraction of sp³-hybridized carbons (Fsp3) is 0.375. The minimum atomic E-state index is -2.70. The molecule has 2 rings (SSSR count). The summed E-state index contributed by atoms with van der Waals surface area (Å²) in [6, 6.07) is 6.72. The molecule has 26 heavy (non-hydrogen) atoms. The van der Waals surface area contributed by atoms with Gasteiger partial charge in [0.25, 0.3) is 0 Å². The van der Waals surface area contributed by atoms with Gasteiger partial charge in [-0.3, -0.25) is 4.57 Å². The first-order valence-corrected chi connectivity index (χ1v) is 10.7. The molecule has 0 aliphatic heterocycles. The van der Waals surface area contributed by atoms with E-state index < -0.39 is 8.25 Å². The number of carbonyl (C=O) groups excluding carboxylic acids is 2. The van der Waals surface area contributed by atoms with Crippen molar-refractivity contribution in [2.45, 2.75) is 27.1 Å². The van der Waals surface area contributed by atoms with Crippen LogP contribution in [0, 0.1) is 0 Å². The Bertz CT molecular complexity index is 706. The van der Waals surface area contributed by atoms with Crippen molar-refractivity contribution in [2.75, 3.05) is 13.2 Å². The standard InChI is InChI=1S/C16H19O7PS2/c1-3-20-15(17)13-7-5-11(25-13)9-22-24(19)23-10-12-6-8-14(26-12)16(18)21-4-2/h5-8,24H,3-4,9-10H2,1-2H3. The van der Waals surface area contributed by atoms with Gasteiger partial charge in [0.05, 0.1) is 26.4 Å². The van der Waals surface area contributed by atoms with Crippen LogP contribution in [0.5, 0.6) is 0 Å². The number of carbonyl (C=O) groups is 2. The lowest BCUT2D eigenvalue weighted by molar-refractivity contribution is 0.0522. The van der Waals surface area contributed by atoms with Gasteiger partial charge in [-0.2, -0.15) is 0 Å². The quantitative estimate of drug-likeness (QED) is 0.420. The number of ether oxygens (including phenoxy) is 2. The van der Waals surface area contributed by atoms with E-state index in [4.69, 9.17) is 18.5 Å². The molecule has 0 radical (unpaired) electrons. The maximum absolute atomic E-state index is 11.8. The molecule has 2 aromatic heterocycles. The van der Waals surface area contributed by atoms with Crippen LogP contribution in [0.1, 0.15) is 42.9 Å². The molecular weight excluding hydrogens is 399 g/mol. The summed E-state index contributed by atoms with van der Waals surface area (Å²) in [5, 5.41) is 0. The molecule has 7 nitrogen and oxygen atoms in total. The Morgan fingerprint density at radius 3 is 1.65 bits per heavy atom. The third kappa shape index (κ3) is 6.34. The van der Waals surface area contributed by atoms with Crippen molar-refractivity contribution in [3.63, 3.8) is 0 Å². The van der Waals surface area contributed by atoms with Crippen molar-refractivity contribution >= 4 is 42.9 Å². The molecule has 0 N–H and O–H groups in total. The monoisotopic (exact) mass is 418 g/mol. The molecular formula is C16H19O7PS2. The molecule has 0 atom stereocenters. The molecule has 0 saturated heterocycles. The van der Waals surface area contributed by atoms with Gasteiger partial charge in [-0.25, -0.2) is 9.59 Å². The highest BCUT2D eigenvalue weighted by atomic mass is 32.1. The Morgan fingerprint density at radius 1 is 0.846 bits per heavy atom. The molecule has 0 aromatic carbocycles. The highest BCUT2D eigenvalue weighted by Crippen LogP contribution is 2.30. The maximum atomic E-state index is 11.8. The Hall–Kier alpha value is -1.51. The summed E-state index contributed by atoms with van der Waals surface area (Å²) >= 11 is 2.44. The van der Waals surface area contributed by atoms with E-state index in [1.54, 1.807) is 38.1 Å². The Labute approximate surface area is 159 Å². The summed E-state index contributed by atoms with van der Waals surface area (Å²) < 4.78 is 32.0. The molecule has 0 fully saturated rings. The van der Waals surface area contributed by atoms with E-state index in [0.29, 0.717) is 23.0 Å². The molecule has 2 aromatic rings. The minimum Gasteiger partial charge on any atom is -0.462 e. The molecule has 0 saturated carbocycles. The van der Waals surface area contributed by atoms with Crippen molar-refractivity contribution in [3.05, 3.63) is 43.8 Å². The van der Waals surface area contributed by atoms with E-state index in [1.807, 2.05) is 0 Å². The van der Waals surface area contributed by atoms with Crippen molar-refractivity contribution in [1.29, 1.82) is 0 Å². The number of hydrogen-bond acceptors (Lipinski definition) is 9. The fourth-order valence-corrected chi connectivity index (χ4v) is 4.31. The second kappa shape index (κ2) is 10.6. The average Bonchev–Trinajstić information content (AvgIpc) is 3.28. The molecule has 142 valence electrons. The van der Waals surface area contributed by atoms with E-state index >= 15 is 0 Å². The SMILES string of the molecule is CCOC(=O)c1ccc(CO[PH](=O)OCc2ccc(C(=O)OCC)s2)s1. The van der Waals surface area contributed by atoms with Crippen LogP contribution in [0.2, 0.25) is 0 Å². The van der Waals surface area contributed by atoms with Gasteiger partial charge in [-0.05, 0) is 38.1 Å². The Kier molecular flexibility index (Phi) is 8.47. The van der Waals surface area contributed by atoms with Crippen LogP contribution in [-0.2, 0) is 36.3 Å². The highest BCUT2D eigenvalue weighted by Gasteiger charge is 2.12. The highest BCUT2D eigenvalue weighted by molar-refractivity contribution is 7.33. The Morgan fingerprint density at radius 2 is 1.27 bits per heavy atom. The lowest BCUT2D eigenvalue weighted by atomic mass is 10.4. The minimum absolute atomic E-state index is 0.0837. The van der Waals surface area contributed by atoms with Gasteiger partial charge in [-0.15, -0.1) is 22.7 Å². The second-order valence-electron chi connectivity index (χ2n) is 4.80. The second-order valence-corrected chi connectivity index (χ2v) is 8.21. The van der Waals surface area contributed by atoms with Crippen LogP contribution in [0.4, 0.5) is 0 Å². The number of esters is 2. The van der Waals surface area contributed by atoms with Crippen molar-refractivity contribution in [2.24, 2.45) is 0 Å². The number of hydrogen-bond donors (Lipinski definition) is 0. The van der Waals surface area contributed by atoms with Gasteiger partial charge in [0.15, 0.2) is 0 Å². The van der Waals surface area contributed by atoms with Gasteiger partial charge in [0.1, 0.15) is 9.75 Å². The van der Waals surface area contributed by atoms with Crippen LogP contribution >= 0.6 is 30.9 Å². The smallest absolute Gasteiger partial charge is 0.348 e. The van der Waals surface area contributed by atoms with E-state index in [0.717, 1.165) is 9.75 Å². The van der Waals surface area contributed by atoms with Crippen molar-refractivity contribution in [1.82, 2.24) is 0 Å². The predicted octanol–water partition coefficient (Wildman–Crippen LogP) is 4.29. The largest absolute Gasteiger partial charge is 0.462 e. The van der Waals surface area contributed by atoms with Gasteiger partial charge in [0.2, 0.25) is 0 Å². The third-order valence-electron chi connectivity index (χ3n) is 2.94. The summed E-state index contributed by atoms with van der Waals surface area (Å²) in [6.07, 6.45) is 0. The molecule has 0 amide bonds. The normalized spacial score (nSPS) is 10.9. The van der Waals surface area contributed by atoms with Crippen molar-refractivity contribution in [3.8, 4) is 0 Å². The predicted molar refractivity (Wildman–Crippen MR) is 99.1 cm³/mol. The van der Waals surface area contributed by atoms with Gasteiger partial charge < -0.3 is 18.5 Å². The first-order chi connectivity index (χ1) is 12.5. The van der Waals surface area contributed by atoms with Gasteiger partial charge in [-0.1, -0.05) is 0 Å². The lowest BCUT2D eigenvalue weighted by Gasteiger charge is -2.03. The van der Waals surface area contributed by atoms with Crippen molar-refractivity contribution < 1.29 is 32.7 Å². The maximum Gasteiger partial charge on any atom is 0.348 e. The van der Waals surface area contributed by atoms with Gasteiger partial charge >= 0.3 is 20.2 Å². The first-order valence-electron chi connectivity index (χ1n) is 7.84. The topological polar surface area (TPSA) is 88.1 Å². The van der Waals surface area contributed by atoms with Crippen LogP contribution in [0.3, 0.4) is 0 Å². The molecule has 0 aliphatic carbocycles. The van der Waals surface area contributed by atoms with E-state index in [1.165, 1.54) is 22.7 Å². The first kappa shape index (κ1) is 20.8. The summed E-state index contributed by atoms with van der Waals surface area (Å²) in [5.41, 5.74) is 0. The summed E-state index contributed by atoms with van der Waals surface area (Å²) in [7, 11) is -2.70. The number of rotatable bonds is 10. The zero-order valence-corrected chi connectivity index (χ0v) is 16.9. The molecule has 0 bridgehead atoms. The van der Waals surface area contributed by atoms with Crippen LogP contribution < -0.4 is 0 Å². The Balaban J connectivity index is 1.75. The van der Waals surface area contributed by atoms with Gasteiger partial charge in [0, 0.05) is 9.75 Å². The van der Waals surface area contributed by atoms with E-state index in [2.05, 4.69) is 0 Å². The van der Waals surface area contributed by atoms with Crippen LogP contribution in [0.25, 0.3) is 0 Å². The zero-order valence-electron chi connectivity index (χ0n) is 14.3. The summed E-state index contributed by atoms with van der Waals surface area (Å²) in [5.74, 6) is -0.773. The summed E-state index contributed by atoms with van der Waals surface area (Å²) in [4.78, 5) is 25.6. The van der Waals surface area contributed by atoms with Crippen LogP contribution in [0.15, 0.2) is 24.3 Å². The zero-order chi connectivity index (χ0) is 18.9. The molecule has 10 heteroatoms. The van der Waals surface area contributed by atoms with E-state index in [9.17, 15) is 14.2 Å². The molecule has 0 spiro atoms. The van der Waals surface area contributed by atoms with E-state index in [-0.39, 0.29) is 25.2 Å². The summed E-state index contributed by atoms with van der Waals surface area (Å²) in [6.45, 7) is 4.26. The lowest BCUT2D eigenvalue weighted by Crippen LogP contribution is -2.01.